The highest BCUT2D eigenvalue weighted by atomic mass is 16.2. The number of nitrogens with two attached hydrogens (primary N) is 1. The maximum Gasteiger partial charge on any atom is 0.225 e. The first-order valence-electron chi connectivity index (χ1n) is 8.06. The predicted molar refractivity (Wildman–Crippen MR) is 87.0 cm³/mol. The second-order valence-electron chi connectivity index (χ2n) is 6.80. The quantitative estimate of drug-likeness (QED) is 0.894. The molecule has 2 rings (SSSR count). The molecular weight excluding hydrogens is 260 g/mol. The van der Waals surface area contributed by atoms with Gasteiger partial charge in [-0.1, -0.05) is 50.1 Å². The molecule has 4 atom stereocenters. The standard InChI is InChI=1S/C18H28N2O/c1-13(15-9-5-4-6-10-15)14(2)20-17(21)16-11-7-8-12-18(16,3)19/h4-6,9-10,13-14,16H,7-8,11-12,19H2,1-3H3,(H,20,21). The van der Waals surface area contributed by atoms with E-state index >= 15 is 0 Å². The number of hydrogen-bond donors (Lipinski definition) is 2. The number of carbonyl (C=O) groups excluding carboxylic acids is 1. The van der Waals surface area contributed by atoms with Gasteiger partial charge >= 0.3 is 0 Å². The van der Waals surface area contributed by atoms with Gasteiger partial charge in [-0.15, -0.1) is 0 Å². The molecule has 3 nitrogen and oxygen atoms in total. The monoisotopic (exact) mass is 288 g/mol. The Hall–Kier alpha value is -1.35. The lowest BCUT2D eigenvalue weighted by molar-refractivity contribution is -0.128. The van der Waals surface area contributed by atoms with Crippen LogP contribution in [-0.4, -0.2) is 17.5 Å². The third kappa shape index (κ3) is 3.85. The van der Waals surface area contributed by atoms with Crippen LogP contribution in [0.3, 0.4) is 0 Å². The summed E-state index contributed by atoms with van der Waals surface area (Å²) in [6.45, 7) is 6.25. The second-order valence-corrected chi connectivity index (χ2v) is 6.80. The van der Waals surface area contributed by atoms with E-state index in [0.717, 1.165) is 25.7 Å². The van der Waals surface area contributed by atoms with Crippen LogP contribution < -0.4 is 11.1 Å². The van der Waals surface area contributed by atoms with Crippen LogP contribution in [0.5, 0.6) is 0 Å². The fourth-order valence-corrected chi connectivity index (χ4v) is 3.28. The van der Waals surface area contributed by atoms with Gasteiger partial charge in [0.05, 0.1) is 5.92 Å². The van der Waals surface area contributed by atoms with E-state index in [0.29, 0.717) is 5.92 Å². The summed E-state index contributed by atoms with van der Waals surface area (Å²) < 4.78 is 0. The fraction of sp³-hybridized carbons (Fsp3) is 0.611. The van der Waals surface area contributed by atoms with E-state index in [1.54, 1.807) is 0 Å². The van der Waals surface area contributed by atoms with Gasteiger partial charge in [-0.05, 0) is 32.3 Å². The van der Waals surface area contributed by atoms with Gasteiger partial charge in [0.2, 0.25) is 5.91 Å². The minimum Gasteiger partial charge on any atom is -0.353 e. The maximum atomic E-state index is 12.6. The molecule has 1 aliphatic rings. The van der Waals surface area contributed by atoms with Crippen LogP contribution in [0.1, 0.15) is 57.9 Å². The van der Waals surface area contributed by atoms with Gasteiger partial charge in [-0.3, -0.25) is 4.79 Å². The van der Waals surface area contributed by atoms with Crippen molar-refractivity contribution in [1.29, 1.82) is 0 Å². The molecule has 3 N–H and O–H groups in total. The number of carbonyl (C=O) groups is 1. The third-order valence-corrected chi connectivity index (χ3v) is 5.02. The minimum absolute atomic E-state index is 0.0586. The first-order valence-corrected chi connectivity index (χ1v) is 8.06. The summed E-state index contributed by atoms with van der Waals surface area (Å²) in [5.74, 6) is 0.356. The third-order valence-electron chi connectivity index (χ3n) is 5.02. The summed E-state index contributed by atoms with van der Waals surface area (Å²) in [6.07, 6.45) is 4.08. The number of benzene rings is 1. The molecule has 0 spiro atoms. The fourth-order valence-electron chi connectivity index (χ4n) is 3.28. The van der Waals surface area contributed by atoms with Gasteiger partial charge in [0.25, 0.3) is 0 Å². The van der Waals surface area contributed by atoms with E-state index in [-0.39, 0.29) is 23.4 Å². The second kappa shape index (κ2) is 6.61. The Kier molecular flexibility index (Phi) is 5.04. The molecule has 1 aromatic rings. The van der Waals surface area contributed by atoms with Crippen molar-refractivity contribution < 1.29 is 4.79 Å². The Bertz CT molecular complexity index is 469. The molecule has 0 radical (unpaired) electrons. The number of nitrogens with one attached hydrogen (secondary N) is 1. The normalized spacial score (nSPS) is 28.7. The SMILES string of the molecule is CC(NC(=O)C1CCCCC1(C)N)C(C)c1ccccc1. The summed E-state index contributed by atoms with van der Waals surface area (Å²) in [5, 5.41) is 3.18. The minimum atomic E-state index is -0.363. The molecule has 21 heavy (non-hydrogen) atoms. The van der Waals surface area contributed by atoms with Crippen LogP contribution in [-0.2, 0) is 4.79 Å². The van der Waals surface area contributed by atoms with Gasteiger partial charge in [0.15, 0.2) is 0 Å². The Labute approximate surface area is 128 Å². The zero-order chi connectivity index (χ0) is 15.5. The van der Waals surface area contributed by atoms with Crippen LogP contribution in [0.4, 0.5) is 0 Å². The molecule has 1 aromatic carbocycles. The van der Waals surface area contributed by atoms with E-state index in [1.165, 1.54) is 5.56 Å². The largest absolute Gasteiger partial charge is 0.353 e. The van der Waals surface area contributed by atoms with Gasteiger partial charge in [0.1, 0.15) is 0 Å². The predicted octanol–water partition coefficient (Wildman–Crippen LogP) is 3.20. The van der Waals surface area contributed by atoms with E-state index in [1.807, 2.05) is 25.1 Å². The zero-order valence-electron chi connectivity index (χ0n) is 13.4. The summed E-state index contributed by atoms with van der Waals surface area (Å²) in [5.41, 5.74) is 7.22. The molecule has 4 unspecified atom stereocenters. The van der Waals surface area contributed by atoms with Gasteiger partial charge in [-0.2, -0.15) is 0 Å². The van der Waals surface area contributed by atoms with Crippen LogP contribution >= 0.6 is 0 Å². The Balaban J connectivity index is 1.98. The summed E-state index contributed by atoms with van der Waals surface area (Å²) in [7, 11) is 0. The molecule has 116 valence electrons. The van der Waals surface area contributed by atoms with Crippen molar-refractivity contribution >= 4 is 5.91 Å². The molecule has 3 heteroatoms. The summed E-state index contributed by atoms with van der Waals surface area (Å²) >= 11 is 0. The highest BCUT2D eigenvalue weighted by Gasteiger charge is 2.38. The molecule has 1 fully saturated rings. The van der Waals surface area contributed by atoms with Crippen molar-refractivity contribution in [3.8, 4) is 0 Å². The molecule has 0 aliphatic heterocycles. The first-order chi connectivity index (χ1) is 9.92. The van der Waals surface area contributed by atoms with Crippen LogP contribution in [0.25, 0.3) is 0 Å². The topological polar surface area (TPSA) is 55.1 Å². The lowest BCUT2D eigenvalue weighted by Gasteiger charge is -2.38. The van der Waals surface area contributed by atoms with Gasteiger partial charge in [-0.25, -0.2) is 0 Å². The van der Waals surface area contributed by atoms with Crippen LogP contribution in [0.2, 0.25) is 0 Å². The molecule has 0 saturated heterocycles. The molecule has 0 bridgehead atoms. The van der Waals surface area contributed by atoms with E-state index in [9.17, 15) is 4.79 Å². The average molecular weight is 288 g/mol. The van der Waals surface area contributed by atoms with Gasteiger partial charge in [0, 0.05) is 17.5 Å². The van der Waals surface area contributed by atoms with E-state index in [4.69, 9.17) is 5.73 Å². The number of hydrogen-bond acceptors (Lipinski definition) is 2. The molecule has 0 heterocycles. The summed E-state index contributed by atoms with van der Waals surface area (Å²) in [4.78, 5) is 12.6. The Morgan fingerprint density at radius 1 is 1.29 bits per heavy atom. The Morgan fingerprint density at radius 2 is 1.95 bits per heavy atom. The van der Waals surface area contributed by atoms with Gasteiger partial charge < -0.3 is 11.1 Å². The maximum absolute atomic E-state index is 12.6. The van der Waals surface area contributed by atoms with Crippen molar-refractivity contribution in [2.24, 2.45) is 11.7 Å². The van der Waals surface area contributed by atoms with Crippen LogP contribution in [0.15, 0.2) is 30.3 Å². The lowest BCUT2D eigenvalue weighted by atomic mass is 9.74. The highest BCUT2D eigenvalue weighted by Crippen LogP contribution is 2.32. The molecular formula is C18H28N2O. The van der Waals surface area contributed by atoms with E-state index < -0.39 is 0 Å². The lowest BCUT2D eigenvalue weighted by Crippen LogP contribution is -2.54. The highest BCUT2D eigenvalue weighted by molar-refractivity contribution is 5.80. The number of rotatable bonds is 4. The first kappa shape index (κ1) is 16.0. The molecule has 1 amide bonds. The van der Waals surface area contributed by atoms with Crippen molar-refractivity contribution in [1.82, 2.24) is 5.32 Å². The van der Waals surface area contributed by atoms with Crippen LogP contribution in [0, 0.1) is 5.92 Å². The van der Waals surface area contributed by atoms with E-state index in [2.05, 4.69) is 31.3 Å². The molecule has 0 aromatic heterocycles. The zero-order valence-corrected chi connectivity index (χ0v) is 13.4. The smallest absolute Gasteiger partial charge is 0.225 e. The molecule has 1 aliphatic carbocycles. The van der Waals surface area contributed by atoms with Crippen molar-refractivity contribution in [3.63, 3.8) is 0 Å². The number of amides is 1. The summed E-state index contributed by atoms with van der Waals surface area (Å²) in [6, 6.07) is 10.4. The molecule has 1 saturated carbocycles. The van der Waals surface area contributed by atoms with Crippen molar-refractivity contribution in [2.75, 3.05) is 0 Å². The average Bonchev–Trinajstić information content (AvgIpc) is 2.46. The Morgan fingerprint density at radius 3 is 2.57 bits per heavy atom. The van der Waals surface area contributed by atoms with Crippen molar-refractivity contribution in [2.45, 2.75) is 64.0 Å². The van der Waals surface area contributed by atoms with Crippen molar-refractivity contribution in [3.05, 3.63) is 35.9 Å².